The van der Waals surface area contributed by atoms with E-state index in [0.717, 1.165) is 61.9 Å². The lowest BCUT2D eigenvalue weighted by Gasteiger charge is -2.37. The maximum Gasteiger partial charge on any atom is 0.309 e. The van der Waals surface area contributed by atoms with Crippen molar-refractivity contribution in [3.8, 4) is 0 Å². The van der Waals surface area contributed by atoms with E-state index in [1.165, 1.54) is 38.5 Å². The Labute approximate surface area is 229 Å². The molecule has 0 N–H and O–H groups in total. The number of ether oxygens (including phenoxy) is 1. The molecule has 0 bridgehead atoms. The van der Waals surface area contributed by atoms with Crippen LogP contribution in [0.15, 0.2) is 30.4 Å². The molecule has 0 saturated heterocycles. The molecule has 0 amide bonds. The van der Waals surface area contributed by atoms with Crippen molar-refractivity contribution < 1.29 is 18.3 Å². The molecule has 1 aromatic rings. The van der Waals surface area contributed by atoms with Gasteiger partial charge in [0.15, 0.2) is 11.6 Å². The minimum atomic E-state index is -0.737. The van der Waals surface area contributed by atoms with Gasteiger partial charge in [-0.2, -0.15) is 0 Å². The van der Waals surface area contributed by atoms with Gasteiger partial charge in [-0.05, 0) is 113 Å². The number of carbonyl (C=O) groups excluding carboxylic acids is 1. The van der Waals surface area contributed by atoms with Gasteiger partial charge in [0.05, 0.1) is 5.92 Å². The maximum absolute atomic E-state index is 14.8. The van der Waals surface area contributed by atoms with Gasteiger partial charge in [0, 0.05) is 12.0 Å². The largest absolute Gasteiger partial charge is 0.462 e. The Hall–Kier alpha value is -1.97. The Morgan fingerprint density at radius 3 is 2.32 bits per heavy atom. The van der Waals surface area contributed by atoms with Crippen molar-refractivity contribution >= 4 is 11.5 Å². The number of halogens is 2. The fourth-order valence-electron chi connectivity index (χ4n) is 7.09. The average Bonchev–Trinajstić information content (AvgIpc) is 2.95. The molecule has 0 spiro atoms. The molecule has 2 fully saturated rings. The zero-order valence-corrected chi connectivity index (χ0v) is 23.7. The number of hydrogen-bond donors (Lipinski definition) is 0. The summed E-state index contributed by atoms with van der Waals surface area (Å²) in [5, 5.41) is 0. The molecule has 2 saturated carbocycles. The Balaban J connectivity index is 1.20. The number of aryl methyl sites for hydroxylation is 1. The van der Waals surface area contributed by atoms with Crippen LogP contribution in [-0.2, 0) is 16.0 Å². The molecule has 4 rings (SSSR count). The number of esters is 1. The summed E-state index contributed by atoms with van der Waals surface area (Å²) in [7, 11) is 0. The first-order chi connectivity index (χ1) is 18.5. The van der Waals surface area contributed by atoms with E-state index in [4.69, 9.17) is 4.74 Å². The van der Waals surface area contributed by atoms with Gasteiger partial charge in [-0.1, -0.05) is 56.5 Å². The van der Waals surface area contributed by atoms with E-state index >= 15 is 0 Å². The highest BCUT2D eigenvalue weighted by Gasteiger charge is 2.34. The molecule has 0 aromatic heterocycles. The second kappa shape index (κ2) is 14.4. The van der Waals surface area contributed by atoms with E-state index in [9.17, 15) is 13.6 Å². The molecule has 4 heteroatoms. The summed E-state index contributed by atoms with van der Waals surface area (Å²) in [6.45, 7) is 4.15. The predicted molar refractivity (Wildman–Crippen MR) is 152 cm³/mol. The normalized spacial score (nSPS) is 28.3. The summed E-state index contributed by atoms with van der Waals surface area (Å²) in [4.78, 5) is 12.9. The van der Waals surface area contributed by atoms with E-state index in [0.29, 0.717) is 36.8 Å². The lowest BCUT2D eigenvalue weighted by Crippen LogP contribution is -2.31. The fraction of sp³-hybridized carbons (Fsp3) is 0.676. The van der Waals surface area contributed by atoms with Crippen LogP contribution in [-0.4, -0.2) is 12.1 Å². The molecule has 210 valence electrons. The van der Waals surface area contributed by atoms with E-state index in [1.807, 2.05) is 13.0 Å². The molecule has 0 heterocycles. The summed E-state index contributed by atoms with van der Waals surface area (Å²) in [6.07, 6.45) is 22.7. The van der Waals surface area contributed by atoms with Crippen molar-refractivity contribution in [1.29, 1.82) is 0 Å². The van der Waals surface area contributed by atoms with Crippen LogP contribution in [0, 0.1) is 35.3 Å². The second-order valence-electron chi connectivity index (χ2n) is 12.1. The number of carbonyl (C=O) groups is 1. The Kier molecular flexibility index (Phi) is 11.0. The zero-order chi connectivity index (χ0) is 26.9. The maximum atomic E-state index is 14.8. The molecular formula is C34H48F2O2. The van der Waals surface area contributed by atoms with Crippen LogP contribution in [0.25, 0.3) is 5.57 Å². The summed E-state index contributed by atoms with van der Waals surface area (Å²) in [5.74, 6) is 1.06. The van der Waals surface area contributed by atoms with Gasteiger partial charge in [-0.15, -0.1) is 0 Å². The Morgan fingerprint density at radius 1 is 0.974 bits per heavy atom. The number of allylic oxidation sites excluding steroid dienone is 3. The predicted octanol–water partition coefficient (Wildman–Crippen LogP) is 9.76. The molecule has 2 nitrogen and oxygen atoms in total. The van der Waals surface area contributed by atoms with Crippen LogP contribution in [0.4, 0.5) is 8.78 Å². The molecule has 38 heavy (non-hydrogen) atoms. The van der Waals surface area contributed by atoms with Crippen molar-refractivity contribution in [2.45, 2.75) is 123 Å². The third kappa shape index (κ3) is 7.57. The van der Waals surface area contributed by atoms with E-state index < -0.39 is 11.6 Å². The van der Waals surface area contributed by atoms with Crippen molar-refractivity contribution in [2.24, 2.45) is 23.7 Å². The quantitative estimate of drug-likeness (QED) is 0.224. The first-order valence-corrected chi connectivity index (χ1v) is 15.5. The van der Waals surface area contributed by atoms with E-state index in [1.54, 1.807) is 12.1 Å². The standard InChI is InChI=1S/C34H48F2O2/c1-3-5-7-8-24-10-12-25(13-11-24)26-14-16-29(17-15-26)34(37)38-30-21-18-27(19-22-30)31-23-20-28(9-6-4-2)32(35)33(31)36/h3,5,18,20,23-26,29-30H,4,6-17,19,21-22H2,1-2H3. The van der Waals surface area contributed by atoms with Crippen LogP contribution < -0.4 is 0 Å². The lowest BCUT2D eigenvalue weighted by atomic mass is 9.68. The molecule has 1 unspecified atom stereocenters. The number of benzene rings is 1. The van der Waals surface area contributed by atoms with Gasteiger partial charge in [-0.25, -0.2) is 8.78 Å². The minimum Gasteiger partial charge on any atom is -0.462 e. The molecule has 3 aliphatic rings. The van der Waals surface area contributed by atoms with Crippen molar-refractivity contribution in [3.63, 3.8) is 0 Å². The summed E-state index contributed by atoms with van der Waals surface area (Å²) in [5.41, 5.74) is 1.64. The molecule has 0 radical (unpaired) electrons. The summed E-state index contributed by atoms with van der Waals surface area (Å²) >= 11 is 0. The molecular weight excluding hydrogens is 478 g/mol. The van der Waals surface area contributed by atoms with Gasteiger partial charge in [0.1, 0.15) is 6.10 Å². The van der Waals surface area contributed by atoms with Crippen molar-refractivity contribution in [1.82, 2.24) is 0 Å². The smallest absolute Gasteiger partial charge is 0.309 e. The van der Waals surface area contributed by atoms with Gasteiger partial charge in [0.25, 0.3) is 0 Å². The first kappa shape index (κ1) is 29.0. The van der Waals surface area contributed by atoms with Gasteiger partial charge < -0.3 is 4.74 Å². The molecule has 1 aromatic carbocycles. The van der Waals surface area contributed by atoms with E-state index in [-0.39, 0.29) is 18.0 Å². The first-order valence-electron chi connectivity index (χ1n) is 15.5. The Bertz CT molecular complexity index is 965. The monoisotopic (exact) mass is 526 g/mol. The minimum absolute atomic E-state index is 0.0241. The van der Waals surface area contributed by atoms with Crippen molar-refractivity contribution in [2.75, 3.05) is 0 Å². The topological polar surface area (TPSA) is 26.3 Å². The van der Waals surface area contributed by atoms with Crippen LogP contribution in [0.3, 0.4) is 0 Å². The highest BCUT2D eigenvalue weighted by molar-refractivity contribution is 5.73. The Morgan fingerprint density at radius 2 is 1.68 bits per heavy atom. The highest BCUT2D eigenvalue weighted by Crippen LogP contribution is 2.43. The molecule has 1 atom stereocenters. The van der Waals surface area contributed by atoms with Crippen LogP contribution in [0.2, 0.25) is 0 Å². The number of hydrogen-bond acceptors (Lipinski definition) is 2. The van der Waals surface area contributed by atoms with Crippen LogP contribution >= 0.6 is 0 Å². The van der Waals surface area contributed by atoms with Crippen LogP contribution in [0.1, 0.15) is 121 Å². The van der Waals surface area contributed by atoms with Crippen molar-refractivity contribution in [3.05, 3.63) is 53.1 Å². The van der Waals surface area contributed by atoms with Gasteiger partial charge >= 0.3 is 5.97 Å². The number of unbranched alkanes of at least 4 members (excludes halogenated alkanes) is 1. The van der Waals surface area contributed by atoms with Gasteiger partial charge in [0.2, 0.25) is 0 Å². The third-order valence-electron chi connectivity index (χ3n) is 9.59. The SMILES string of the molecule is CC=CCCC1CCC(C2CCC(C(=O)OC3CC=C(c4ccc(CCCC)c(F)c4F)CC3)CC2)CC1. The van der Waals surface area contributed by atoms with E-state index in [2.05, 4.69) is 19.1 Å². The highest BCUT2D eigenvalue weighted by atomic mass is 19.2. The fourth-order valence-corrected chi connectivity index (χ4v) is 7.09. The molecule has 3 aliphatic carbocycles. The lowest BCUT2D eigenvalue weighted by molar-refractivity contribution is -0.156. The third-order valence-corrected chi connectivity index (χ3v) is 9.59. The summed E-state index contributed by atoms with van der Waals surface area (Å²) in [6, 6.07) is 3.44. The van der Waals surface area contributed by atoms with Crippen LogP contribution in [0.5, 0.6) is 0 Å². The second-order valence-corrected chi connectivity index (χ2v) is 12.1. The van der Waals surface area contributed by atoms with Gasteiger partial charge in [-0.3, -0.25) is 4.79 Å². The molecule has 0 aliphatic heterocycles. The summed E-state index contributed by atoms with van der Waals surface area (Å²) < 4.78 is 35.2. The zero-order valence-electron chi connectivity index (χ0n) is 23.7. The number of rotatable bonds is 10. The average molecular weight is 527 g/mol.